The van der Waals surface area contributed by atoms with E-state index in [-0.39, 0.29) is 5.78 Å². The third-order valence-corrected chi connectivity index (χ3v) is 3.65. The Hall–Kier alpha value is -1.83. The predicted molar refractivity (Wildman–Crippen MR) is 89.9 cm³/mol. The highest BCUT2D eigenvalue weighted by molar-refractivity contribution is 5.95. The van der Waals surface area contributed by atoms with Crippen molar-refractivity contribution in [1.82, 2.24) is 5.32 Å². The molecule has 0 aliphatic rings. The van der Waals surface area contributed by atoms with Crippen molar-refractivity contribution >= 4 is 5.78 Å². The van der Waals surface area contributed by atoms with Crippen molar-refractivity contribution < 1.29 is 4.79 Å². The largest absolute Gasteiger partial charge is 0.356 e. The third kappa shape index (κ3) is 5.22. The summed E-state index contributed by atoms with van der Waals surface area (Å²) in [5.74, 6) is 0.171. The molecule has 0 fully saturated rings. The fraction of sp³-hybridized carbons (Fsp3) is 0.421. The summed E-state index contributed by atoms with van der Waals surface area (Å²) in [6.07, 6.45) is 2.33. The maximum Gasteiger partial charge on any atom is 0.178 e. The van der Waals surface area contributed by atoms with Crippen LogP contribution in [0.3, 0.4) is 0 Å². The lowest BCUT2D eigenvalue weighted by atomic mass is 10.0. The van der Waals surface area contributed by atoms with Crippen molar-refractivity contribution in [2.45, 2.75) is 53.9 Å². The number of benzene rings is 1. The van der Waals surface area contributed by atoms with Crippen LogP contribution in [0.25, 0.3) is 0 Å². The molecule has 114 valence electrons. The van der Waals surface area contributed by atoms with E-state index in [0.29, 0.717) is 6.42 Å². The van der Waals surface area contributed by atoms with Gasteiger partial charge in [0.2, 0.25) is 0 Å². The summed E-state index contributed by atoms with van der Waals surface area (Å²) in [5.41, 5.74) is 5.47. The van der Waals surface area contributed by atoms with Gasteiger partial charge in [0.15, 0.2) is 5.78 Å². The van der Waals surface area contributed by atoms with Crippen molar-refractivity contribution in [3.63, 3.8) is 0 Å². The minimum Gasteiger partial charge on any atom is -0.356 e. The first kappa shape index (κ1) is 17.2. The van der Waals surface area contributed by atoms with Crippen molar-refractivity contribution in [2.24, 2.45) is 0 Å². The van der Waals surface area contributed by atoms with Gasteiger partial charge in [0, 0.05) is 18.5 Å². The van der Waals surface area contributed by atoms with E-state index in [9.17, 15) is 4.79 Å². The molecule has 1 N–H and O–H groups in total. The molecule has 0 aliphatic heterocycles. The number of hydrogen-bond donors (Lipinski definition) is 1. The van der Waals surface area contributed by atoms with Crippen LogP contribution in [0.1, 0.15) is 53.0 Å². The van der Waals surface area contributed by atoms with Crippen molar-refractivity contribution in [2.75, 3.05) is 0 Å². The van der Waals surface area contributed by atoms with Gasteiger partial charge in [0.1, 0.15) is 0 Å². The van der Waals surface area contributed by atoms with E-state index in [1.807, 2.05) is 39.0 Å². The van der Waals surface area contributed by atoms with Gasteiger partial charge in [-0.15, -0.1) is 0 Å². The fourth-order valence-corrected chi connectivity index (χ4v) is 2.12. The summed E-state index contributed by atoms with van der Waals surface area (Å²) in [5, 5.41) is 3.41. The SMILES string of the molecule is CCC(=O)C(N/C(Cc1ccccc1)=C(\C)CC)=C(C)C. The van der Waals surface area contributed by atoms with Gasteiger partial charge in [-0.25, -0.2) is 0 Å². The Morgan fingerprint density at radius 3 is 2.10 bits per heavy atom. The molecular weight excluding hydrogens is 258 g/mol. The summed E-state index contributed by atoms with van der Waals surface area (Å²) < 4.78 is 0. The van der Waals surface area contributed by atoms with E-state index >= 15 is 0 Å². The second-order valence-electron chi connectivity index (χ2n) is 5.55. The second-order valence-corrected chi connectivity index (χ2v) is 5.55. The van der Waals surface area contributed by atoms with Gasteiger partial charge < -0.3 is 5.32 Å². The number of allylic oxidation sites excluding steroid dienone is 4. The summed E-state index contributed by atoms with van der Waals surface area (Å²) in [4.78, 5) is 12.1. The van der Waals surface area contributed by atoms with Gasteiger partial charge in [-0.2, -0.15) is 0 Å². The van der Waals surface area contributed by atoms with E-state index in [4.69, 9.17) is 0 Å². The predicted octanol–water partition coefficient (Wildman–Crippen LogP) is 4.78. The molecule has 0 heterocycles. The molecule has 1 rings (SSSR count). The van der Waals surface area contributed by atoms with Crippen LogP contribution in [-0.2, 0) is 11.2 Å². The van der Waals surface area contributed by atoms with Crippen LogP contribution in [0.2, 0.25) is 0 Å². The minimum atomic E-state index is 0.171. The quantitative estimate of drug-likeness (QED) is 0.731. The third-order valence-electron chi connectivity index (χ3n) is 3.65. The van der Waals surface area contributed by atoms with Crippen LogP contribution in [0.4, 0.5) is 0 Å². The van der Waals surface area contributed by atoms with E-state index in [1.54, 1.807) is 0 Å². The molecular formula is C19H27NO. The Balaban J connectivity index is 3.06. The van der Waals surface area contributed by atoms with Gasteiger partial charge in [-0.1, -0.05) is 49.8 Å². The average molecular weight is 285 g/mol. The summed E-state index contributed by atoms with van der Waals surface area (Å²) in [6, 6.07) is 10.4. The highest BCUT2D eigenvalue weighted by Gasteiger charge is 2.12. The molecule has 0 amide bonds. The first-order chi connectivity index (χ1) is 9.99. The van der Waals surface area contributed by atoms with Gasteiger partial charge in [0.25, 0.3) is 0 Å². The van der Waals surface area contributed by atoms with Crippen LogP contribution in [-0.4, -0.2) is 5.78 Å². The van der Waals surface area contributed by atoms with Crippen molar-refractivity contribution in [1.29, 1.82) is 0 Å². The Bertz CT molecular complexity index is 534. The molecule has 0 unspecified atom stereocenters. The highest BCUT2D eigenvalue weighted by Crippen LogP contribution is 2.16. The lowest BCUT2D eigenvalue weighted by molar-refractivity contribution is -0.115. The zero-order valence-electron chi connectivity index (χ0n) is 13.9. The van der Waals surface area contributed by atoms with E-state index in [2.05, 4.69) is 31.3 Å². The molecule has 1 aromatic rings. The van der Waals surface area contributed by atoms with E-state index in [0.717, 1.165) is 29.8 Å². The first-order valence-corrected chi connectivity index (χ1v) is 7.69. The highest BCUT2D eigenvalue weighted by atomic mass is 16.1. The molecule has 0 saturated carbocycles. The molecule has 2 nitrogen and oxygen atoms in total. The summed E-state index contributed by atoms with van der Waals surface area (Å²) >= 11 is 0. The minimum absolute atomic E-state index is 0.171. The number of hydrogen-bond acceptors (Lipinski definition) is 2. The van der Waals surface area contributed by atoms with Crippen molar-refractivity contribution in [3.8, 4) is 0 Å². The fourth-order valence-electron chi connectivity index (χ4n) is 2.12. The Morgan fingerprint density at radius 2 is 1.62 bits per heavy atom. The zero-order valence-corrected chi connectivity index (χ0v) is 13.9. The number of carbonyl (C=O) groups is 1. The molecule has 0 spiro atoms. The maximum absolute atomic E-state index is 12.1. The molecule has 0 aromatic heterocycles. The number of Topliss-reactive ketones (excluding diaryl/α,β-unsaturated/α-hetero) is 1. The molecule has 21 heavy (non-hydrogen) atoms. The van der Waals surface area contributed by atoms with Gasteiger partial charge in [-0.05, 0) is 38.3 Å². The van der Waals surface area contributed by atoms with E-state index in [1.165, 1.54) is 11.1 Å². The average Bonchev–Trinajstić information content (AvgIpc) is 2.50. The van der Waals surface area contributed by atoms with Crippen LogP contribution < -0.4 is 5.32 Å². The molecule has 0 bridgehead atoms. The first-order valence-electron chi connectivity index (χ1n) is 7.69. The molecule has 0 atom stereocenters. The number of nitrogens with one attached hydrogen (secondary N) is 1. The normalized spacial score (nSPS) is 11.7. The summed E-state index contributed by atoms with van der Waals surface area (Å²) in [6.45, 7) is 10.1. The van der Waals surface area contributed by atoms with Gasteiger partial charge in [-0.3, -0.25) is 4.79 Å². The zero-order chi connectivity index (χ0) is 15.8. The second kappa shape index (κ2) is 8.46. The van der Waals surface area contributed by atoms with Crippen LogP contribution >= 0.6 is 0 Å². The molecule has 1 aromatic carbocycles. The Labute approximate surface area is 129 Å². The molecule has 0 radical (unpaired) electrons. The molecule has 2 heteroatoms. The van der Waals surface area contributed by atoms with Crippen LogP contribution in [0.5, 0.6) is 0 Å². The van der Waals surface area contributed by atoms with Crippen LogP contribution in [0.15, 0.2) is 52.9 Å². The number of ketones is 1. The van der Waals surface area contributed by atoms with Crippen LogP contribution in [0, 0.1) is 0 Å². The van der Waals surface area contributed by atoms with Gasteiger partial charge >= 0.3 is 0 Å². The van der Waals surface area contributed by atoms with Gasteiger partial charge in [0.05, 0.1) is 5.70 Å². The lowest BCUT2D eigenvalue weighted by Gasteiger charge is -2.18. The maximum atomic E-state index is 12.1. The smallest absolute Gasteiger partial charge is 0.178 e. The Kier molecular flexibility index (Phi) is 6.93. The Morgan fingerprint density at radius 1 is 1.00 bits per heavy atom. The monoisotopic (exact) mass is 285 g/mol. The standard InChI is InChI=1S/C19H27NO/c1-6-15(5)17(13-16-11-9-8-10-12-16)20-19(14(3)4)18(21)7-2/h8-12,20H,6-7,13H2,1-5H3/b17-15+. The lowest BCUT2D eigenvalue weighted by Crippen LogP contribution is -2.23. The molecule has 0 saturated heterocycles. The van der Waals surface area contributed by atoms with E-state index < -0.39 is 0 Å². The molecule has 0 aliphatic carbocycles. The van der Waals surface area contributed by atoms with Crippen molar-refractivity contribution in [3.05, 3.63) is 58.4 Å². The number of carbonyl (C=O) groups excluding carboxylic acids is 1. The summed E-state index contributed by atoms with van der Waals surface area (Å²) in [7, 11) is 0. The number of rotatable bonds is 7. The topological polar surface area (TPSA) is 29.1 Å².